The average molecular weight is 358 g/mol. The van der Waals surface area contributed by atoms with Gasteiger partial charge in [0, 0.05) is 24.1 Å². The predicted octanol–water partition coefficient (Wildman–Crippen LogP) is 2.03. The van der Waals surface area contributed by atoms with Gasteiger partial charge in [-0.05, 0) is 13.0 Å². The molecule has 0 amide bonds. The lowest BCUT2D eigenvalue weighted by atomic mass is 10.3. The molecule has 0 fully saturated rings. The SMILES string of the molecule is CC(=O)c1c(C)sc2nc(CN3C=CC(C(F)(F)F)N3)cc(=O)n12. The molecule has 0 spiro atoms. The Morgan fingerprint density at radius 1 is 1.46 bits per heavy atom. The number of hydrazine groups is 1. The highest BCUT2D eigenvalue weighted by Gasteiger charge is 2.40. The van der Waals surface area contributed by atoms with E-state index in [1.165, 1.54) is 39.9 Å². The summed E-state index contributed by atoms with van der Waals surface area (Å²) in [5.41, 5.74) is 2.45. The Labute approximate surface area is 138 Å². The summed E-state index contributed by atoms with van der Waals surface area (Å²) in [6.45, 7) is 3.08. The van der Waals surface area contributed by atoms with Crippen LogP contribution in [0.2, 0.25) is 0 Å². The number of ketones is 1. The second-order valence-electron chi connectivity index (χ2n) is 5.38. The monoisotopic (exact) mass is 358 g/mol. The molecular weight excluding hydrogens is 345 g/mol. The summed E-state index contributed by atoms with van der Waals surface area (Å²) in [4.78, 5) is 29.2. The number of carbonyl (C=O) groups excluding carboxylic acids is 1. The Morgan fingerprint density at radius 2 is 2.17 bits per heavy atom. The third-order valence-corrected chi connectivity index (χ3v) is 4.48. The minimum Gasteiger partial charge on any atom is -0.309 e. The lowest BCUT2D eigenvalue weighted by Crippen LogP contribution is -2.43. The fraction of sp³-hybridized carbons (Fsp3) is 0.357. The fourth-order valence-electron chi connectivity index (χ4n) is 2.52. The van der Waals surface area contributed by atoms with Crippen molar-refractivity contribution in [2.75, 3.05) is 0 Å². The summed E-state index contributed by atoms with van der Waals surface area (Å²) < 4.78 is 39.1. The zero-order valence-corrected chi connectivity index (χ0v) is 13.5. The molecule has 128 valence electrons. The minimum absolute atomic E-state index is 0.00116. The largest absolute Gasteiger partial charge is 0.409 e. The van der Waals surface area contributed by atoms with Crippen LogP contribution in [0.4, 0.5) is 13.2 Å². The Kier molecular flexibility index (Phi) is 3.96. The second-order valence-corrected chi connectivity index (χ2v) is 6.57. The molecule has 1 N–H and O–H groups in total. The predicted molar refractivity (Wildman–Crippen MR) is 81.7 cm³/mol. The maximum absolute atomic E-state index is 12.6. The number of hydrogen-bond donors (Lipinski definition) is 1. The van der Waals surface area contributed by atoms with Gasteiger partial charge in [-0.15, -0.1) is 11.3 Å². The first-order valence-corrected chi connectivity index (χ1v) is 7.79. The van der Waals surface area contributed by atoms with Crippen molar-refractivity contribution in [1.82, 2.24) is 19.8 Å². The summed E-state index contributed by atoms with van der Waals surface area (Å²) in [7, 11) is 0. The van der Waals surface area contributed by atoms with Crippen molar-refractivity contribution in [3.63, 3.8) is 0 Å². The van der Waals surface area contributed by atoms with Crippen molar-refractivity contribution in [2.45, 2.75) is 32.6 Å². The third-order valence-electron chi connectivity index (χ3n) is 3.52. The van der Waals surface area contributed by atoms with Crippen LogP contribution in [0.1, 0.15) is 28.0 Å². The molecule has 0 saturated heterocycles. The van der Waals surface area contributed by atoms with Gasteiger partial charge >= 0.3 is 6.18 Å². The molecule has 10 heteroatoms. The molecule has 2 aromatic heterocycles. The van der Waals surface area contributed by atoms with Crippen LogP contribution in [-0.4, -0.2) is 32.4 Å². The molecular formula is C14H13F3N4O2S. The van der Waals surface area contributed by atoms with Crippen LogP contribution in [0.3, 0.4) is 0 Å². The Hall–Kier alpha value is -2.20. The van der Waals surface area contributed by atoms with E-state index in [9.17, 15) is 22.8 Å². The van der Waals surface area contributed by atoms with Crippen molar-refractivity contribution >= 4 is 22.1 Å². The molecule has 6 nitrogen and oxygen atoms in total. The molecule has 1 aliphatic heterocycles. The summed E-state index contributed by atoms with van der Waals surface area (Å²) in [6, 6.07) is -0.530. The highest BCUT2D eigenvalue weighted by atomic mass is 32.1. The van der Waals surface area contributed by atoms with E-state index in [0.717, 1.165) is 6.08 Å². The van der Waals surface area contributed by atoms with E-state index in [4.69, 9.17) is 0 Å². The first-order valence-electron chi connectivity index (χ1n) is 6.97. The van der Waals surface area contributed by atoms with Gasteiger partial charge in [-0.2, -0.15) is 13.2 Å². The van der Waals surface area contributed by atoms with Crippen LogP contribution in [-0.2, 0) is 6.54 Å². The Bertz CT molecular complexity index is 900. The van der Waals surface area contributed by atoms with Crippen molar-refractivity contribution < 1.29 is 18.0 Å². The third kappa shape index (κ3) is 2.94. The van der Waals surface area contributed by atoms with Gasteiger partial charge < -0.3 is 5.01 Å². The van der Waals surface area contributed by atoms with Gasteiger partial charge in [-0.25, -0.2) is 14.8 Å². The Balaban J connectivity index is 1.89. The minimum atomic E-state index is -4.39. The summed E-state index contributed by atoms with van der Waals surface area (Å²) in [5, 5.41) is 1.22. The van der Waals surface area contributed by atoms with E-state index >= 15 is 0 Å². The van der Waals surface area contributed by atoms with Crippen LogP contribution >= 0.6 is 11.3 Å². The van der Waals surface area contributed by atoms with Gasteiger partial charge in [-0.3, -0.25) is 9.59 Å². The molecule has 3 rings (SSSR count). The number of carbonyl (C=O) groups is 1. The number of alkyl halides is 3. The van der Waals surface area contributed by atoms with Gasteiger partial charge in [0.1, 0.15) is 11.7 Å². The zero-order valence-electron chi connectivity index (χ0n) is 12.7. The lowest BCUT2D eigenvalue weighted by molar-refractivity contribution is -0.150. The van der Waals surface area contributed by atoms with E-state index < -0.39 is 17.8 Å². The van der Waals surface area contributed by atoms with Crippen molar-refractivity contribution in [3.05, 3.63) is 45.0 Å². The van der Waals surface area contributed by atoms with Crippen LogP contribution in [0.5, 0.6) is 0 Å². The molecule has 0 radical (unpaired) electrons. The number of Topliss-reactive ketones (excluding diaryl/α,β-unsaturated/α-hetero) is 1. The topological polar surface area (TPSA) is 66.7 Å². The quantitative estimate of drug-likeness (QED) is 0.851. The van der Waals surface area contributed by atoms with Crippen molar-refractivity contribution in [1.29, 1.82) is 0 Å². The molecule has 24 heavy (non-hydrogen) atoms. The number of aromatic nitrogens is 2. The van der Waals surface area contributed by atoms with Gasteiger partial charge in [0.2, 0.25) is 0 Å². The second kappa shape index (κ2) is 5.71. The van der Waals surface area contributed by atoms with Gasteiger partial charge in [0.05, 0.1) is 12.2 Å². The molecule has 0 aromatic carbocycles. The number of hydrogen-bond acceptors (Lipinski definition) is 6. The van der Waals surface area contributed by atoms with Crippen LogP contribution < -0.4 is 11.0 Å². The number of halogens is 3. The van der Waals surface area contributed by atoms with E-state index in [1.54, 1.807) is 6.92 Å². The van der Waals surface area contributed by atoms with Gasteiger partial charge in [-0.1, -0.05) is 0 Å². The summed E-state index contributed by atoms with van der Waals surface area (Å²) in [5.74, 6) is -0.243. The van der Waals surface area contributed by atoms with E-state index in [0.29, 0.717) is 15.5 Å². The van der Waals surface area contributed by atoms with E-state index in [1.807, 2.05) is 0 Å². The average Bonchev–Trinajstić information content (AvgIpc) is 3.02. The van der Waals surface area contributed by atoms with Gasteiger partial charge in [0.15, 0.2) is 10.7 Å². The van der Waals surface area contributed by atoms with Crippen molar-refractivity contribution in [2.24, 2.45) is 0 Å². The molecule has 1 aliphatic rings. The lowest BCUT2D eigenvalue weighted by Gasteiger charge is -2.20. The number of nitrogens with one attached hydrogen (secondary N) is 1. The number of aryl methyl sites for hydroxylation is 1. The number of thiazole rings is 1. The maximum atomic E-state index is 12.6. The molecule has 0 aliphatic carbocycles. The van der Waals surface area contributed by atoms with Crippen LogP contribution in [0.15, 0.2) is 23.1 Å². The van der Waals surface area contributed by atoms with E-state index in [2.05, 4.69) is 10.4 Å². The summed E-state index contributed by atoms with van der Waals surface area (Å²) >= 11 is 1.19. The normalized spacial score (nSPS) is 17.9. The van der Waals surface area contributed by atoms with Crippen LogP contribution in [0, 0.1) is 6.92 Å². The van der Waals surface area contributed by atoms with Crippen molar-refractivity contribution in [3.8, 4) is 0 Å². The summed E-state index contributed by atoms with van der Waals surface area (Å²) in [6.07, 6.45) is -2.12. The fourth-order valence-corrected chi connectivity index (χ4v) is 3.56. The van der Waals surface area contributed by atoms with E-state index in [-0.39, 0.29) is 18.0 Å². The molecule has 1 unspecified atom stereocenters. The maximum Gasteiger partial charge on any atom is 0.409 e. The first kappa shape index (κ1) is 16.7. The number of fused-ring (bicyclic) bond motifs is 1. The molecule has 3 heterocycles. The zero-order chi connectivity index (χ0) is 17.6. The van der Waals surface area contributed by atoms with Crippen LogP contribution in [0.25, 0.3) is 4.96 Å². The Morgan fingerprint density at radius 3 is 2.75 bits per heavy atom. The molecule has 0 saturated carbocycles. The van der Waals surface area contributed by atoms with Gasteiger partial charge in [0.25, 0.3) is 5.56 Å². The molecule has 1 atom stereocenters. The standard InChI is InChI=1S/C14H13F3N4O2S/c1-7(22)12-8(2)24-13-18-9(5-11(23)21(12)13)6-20-4-3-10(19-20)14(15,16)17/h3-5,10,19H,6H2,1-2H3. The number of nitrogens with zero attached hydrogens (tertiary/aromatic N) is 3. The molecule has 2 aromatic rings. The highest BCUT2D eigenvalue weighted by molar-refractivity contribution is 7.17. The highest BCUT2D eigenvalue weighted by Crippen LogP contribution is 2.25. The first-order chi connectivity index (χ1) is 11.2. The smallest absolute Gasteiger partial charge is 0.309 e. The molecule has 0 bridgehead atoms. The number of rotatable bonds is 3.